The number of nitrogens with one attached hydrogen (secondary N) is 1. The lowest BCUT2D eigenvalue weighted by atomic mass is 9.86. The maximum absolute atomic E-state index is 12.1. The first-order valence-corrected chi connectivity index (χ1v) is 6.85. The number of carbonyl (C=O) groups is 1. The third-order valence-electron chi connectivity index (χ3n) is 3.50. The molecule has 0 radical (unpaired) electrons. The fraction of sp³-hybridized carbons (Fsp3) is 0.533. The first kappa shape index (κ1) is 20.3. The van der Waals surface area contributed by atoms with Crippen molar-refractivity contribution in [1.82, 2.24) is 5.32 Å². The van der Waals surface area contributed by atoms with Crippen LogP contribution < -0.4 is 11.1 Å². The summed E-state index contributed by atoms with van der Waals surface area (Å²) in [5.74, 6) is -0.266. The summed E-state index contributed by atoms with van der Waals surface area (Å²) in [7, 11) is 0. The monoisotopic (exact) mass is 329 g/mol. The van der Waals surface area contributed by atoms with Crippen molar-refractivity contribution in [2.24, 2.45) is 11.1 Å². The van der Waals surface area contributed by atoms with E-state index in [4.69, 9.17) is 5.73 Å². The van der Waals surface area contributed by atoms with Gasteiger partial charge in [-0.05, 0) is 24.8 Å². The van der Waals surface area contributed by atoms with Crippen LogP contribution in [0.1, 0.15) is 44.9 Å². The molecule has 0 fully saturated rings. The van der Waals surface area contributed by atoms with Crippen LogP contribution in [-0.4, -0.2) is 16.9 Å². The predicted molar refractivity (Wildman–Crippen MR) is 89.1 cm³/mol. The lowest BCUT2D eigenvalue weighted by Gasteiger charge is -2.27. The van der Waals surface area contributed by atoms with E-state index in [2.05, 4.69) is 5.32 Å². The Morgan fingerprint density at radius 3 is 2.36 bits per heavy atom. The number of rotatable bonds is 4. The Hall–Kier alpha value is -1.66. The molecule has 0 aliphatic rings. The zero-order chi connectivity index (χ0) is 16.4. The Morgan fingerprint density at radius 2 is 1.91 bits per heavy atom. The second-order valence-electron chi connectivity index (χ2n) is 6.38. The smallest absolute Gasteiger partial charge is 0.272 e. The van der Waals surface area contributed by atoms with E-state index in [-0.39, 0.29) is 35.5 Å². The second kappa shape index (κ2) is 7.56. The number of carbonyl (C=O) groups excluding carboxylic acids is 1. The zero-order valence-corrected chi connectivity index (χ0v) is 14.4. The molecule has 0 heterocycles. The van der Waals surface area contributed by atoms with E-state index in [1.165, 1.54) is 6.07 Å². The number of hydrogen-bond donors (Lipinski definition) is 2. The van der Waals surface area contributed by atoms with Crippen LogP contribution in [0.25, 0.3) is 0 Å². The van der Waals surface area contributed by atoms with E-state index in [0.29, 0.717) is 11.1 Å². The van der Waals surface area contributed by atoms with Crippen LogP contribution in [0.4, 0.5) is 5.69 Å². The molecular weight excluding hydrogens is 306 g/mol. The van der Waals surface area contributed by atoms with E-state index in [1.807, 2.05) is 20.8 Å². The van der Waals surface area contributed by atoms with Crippen molar-refractivity contribution in [2.75, 3.05) is 0 Å². The Kier molecular flexibility index (Phi) is 6.99. The van der Waals surface area contributed by atoms with Gasteiger partial charge in [0.05, 0.1) is 17.0 Å². The van der Waals surface area contributed by atoms with E-state index >= 15 is 0 Å². The molecule has 0 aliphatic carbocycles. The van der Waals surface area contributed by atoms with Gasteiger partial charge in [-0.15, -0.1) is 12.4 Å². The summed E-state index contributed by atoms with van der Waals surface area (Å²) in [6.45, 7) is 9.12. The lowest BCUT2D eigenvalue weighted by Crippen LogP contribution is -2.49. The van der Waals surface area contributed by atoms with Crippen LogP contribution in [0.15, 0.2) is 18.2 Å². The third-order valence-corrected chi connectivity index (χ3v) is 3.50. The first-order chi connectivity index (χ1) is 9.54. The molecule has 0 saturated carbocycles. The molecule has 22 heavy (non-hydrogen) atoms. The summed E-state index contributed by atoms with van der Waals surface area (Å²) in [5.41, 5.74) is 6.88. The number of aryl methyl sites for hydroxylation is 1. The van der Waals surface area contributed by atoms with E-state index in [0.717, 1.165) is 0 Å². The summed E-state index contributed by atoms with van der Waals surface area (Å²) >= 11 is 0. The van der Waals surface area contributed by atoms with Gasteiger partial charge in [0.2, 0.25) is 5.91 Å². The summed E-state index contributed by atoms with van der Waals surface area (Å²) in [5, 5.41) is 13.8. The van der Waals surface area contributed by atoms with E-state index in [9.17, 15) is 14.9 Å². The molecule has 6 nitrogen and oxygen atoms in total. The minimum Gasteiger partial charge on any atom is -0.348 e. The van der Waals surface area contributed by atoms with Crippen LogP contribution in [0.3, 0.4) is 0 Å². The van der Waals surface area contributed by atoms with Gasteiger partial charge in [-0.3, -0.25) is 14.9 Å². The molecule has 0 aromatic heterocycles. The van der Waals surface area contributed by atoms with Crippen molar-refractivity contribution in [2.45, 2.75) is 46.7 Å². The van der Waals surface area contributed by atoms with Gasteiger partial charge in [0.15, 0.2) is 0 Å². The number of nitro benzene ring substituents is 1. The Morgan fingerprint density at radius 1 is 1.36 bits per heavy atom. The first-order valence-electron chi connectivity index (χ1n) is 6.85. The van der Waals surface area contributed by atoms with Crippen molar-refractivity contribution in [3.63, 3.8) is 0 Å². The van der Waals surface area contributed by atoms with Gasteiger partial charge in [-0.25, -0.2) is 0 Å². The van der Waals surface area contributed by atoms with Crippen molar-refractivity contribution >= 4 is 24.0 Å². The molecule has 0 aliphatic heterocycles. The van der Waals surface area contributed by atoms with Crippen LogP contribution >= 0.6 is 12.4 Å². The van der Waals surface area contributed by atoms with Gasteiger partial charge in [0.1, 0.15) is 0 Å². The summed E-state index contributed by atoms with van der Waals surface area (Å²) in [6.07, 6.45) is 0. The Labute approximate surface area is 137 Å². The molecule has 0 bridgehead atoms. The van der Waals surface area contributed by atoms with Crippen LogP contribution in [0.5, 0.6) is 0 Å². The highest BCUT2D eigenvalue weighted by Crippen LogP contribution is 2.24. The molecule has 1 rings (SSSR count). The standard InChI is InChI=1S/C15H23N3O3.ClH/c1-9-6-7-11(8-12(9)18(20)21)10(2)17-14(19)13(16)15(3,4)5;/h6-8,10,13H,16H2,1-5H3,(H,17,19);1H/t10?,13-;/m1./s1. The average Bonchev–Trinajstić information content (AvgIpc) is 2.36. The van der Waals surface area contributed by atoms with Crippen LogP contribution in [0, 0.1) is 22.5 Å². The summed E-state index contributed by atoms with van der Waals surface area (Å²) in [4.78, 5) is 22.6. The van der Waals surface area contributed by atoms with Crippen molar-refractivity contribution < 1.29 is 9.72 Å². The van der Waals surface area contributed by atoms with Gasteiger partial charge in [-0.1, -0.05) is 32.9 Å². The Balaban J connectivity index is 0.00000441. The number of hydrogen-bond acceptors (Lipinski definition) is 4. The fourth-order valence-corrected chi connectivity index (χ4v) is 1.87. The minimum absolute atomic E-state index is 0. The minimum atomic E-state index is -0.639. The van der Waals surface area contributed by atoms with Crippen LogP contribution in [-0.2, 0) is 4.79 Å². The number of benzene rings is 1. The number of nitrogens with zero attached hydrogens (tertiary/aromatic N) is 1. The highest BCUT2D eigenvalue weighted by atomic mass is 35.5. The summed E-state index contributed by atoms with van der Waals surface area (Å²) < 4.78 is 0. The third kappa shape index (κ3) is 4.96. The maximum Gasteiger partial charge on any atom is 0.272 e. The number of nitro groups is 1. The molecule has 3 N–H and O–H groups in total. The zero-order valence-electron chi connectivity index (χ0n) is 13.5. The highest BCUT2D eigenvalue weighted by molar-refractivity contribution is 5.85. The van der Waals surface area contributed by atoms with Crippen molar-refractivity contribution in [3.05, 3.63) is 39.4 Å². The van der Waals surface area contributed by atoms with E-state index < -0.39 is 11.0 Å². The Bertz CT molecular complexity index is 555. The van der Waals surface area contributed by atoms with Gasteiger partial charge in [0, 0.05) is 11.6 Å². The topological polar surface area (TPSA) is 98.3 Å². The number of halogens is 1. The lowest BCUT2D eigenvalue weighted by molar-refractivity contribution is -0.385. The van der Waals surface area contributed by atoms with Gasteiger partial charge >= 0.3 is 0 Å². The van der Waals surface area contributed by atoms with Gasteiger partial charge in [-0.2, -0.15) is 0 Å². The van der Waals surface area contributed by atoms with Crippen LogP contribution in [0.2, 0.25) is 0 Å². The molecule has 7 heteroatoms. The number of amides is 1. The normalized spacial score (nSPS) is 13.7. The quantitative estimate of drug-likeness (QED) is 0.655. The molecule has 1 amide bonds. The molecule has 2 atom stereocenters. The fourth-order valence-electron chi connectivity index (χ4n) is 1.87. The second-order valence-corrected chi connectivity index (χ2v) is 6.38. The molecule has 124 valence electrons. The average molecular weight is 330 g/mol. The molecule has 1 unspecified atom stereocenters. The molecule has 0 spiro atoms. The maximum atomic E-state index is 12.1. The van der Waals surface area contributed by atoms with Gasteiger partial charge in [0.25, 0.3) is 5.69 Å². The predicted octanol–water partition coefficient (Wildman–Crippen LogP) is 2.88. The summed E-state index contributed by atoms with van der Waals surface area (Å²) in [6, 6.07) is 3.96. The SMILES string of the molecule is Cc1ccc(C(C)NC(=O)[C@@H](N)C(C)(C)C)cc1[N+](=O)[O-].Cl. The molecule has 1 aromatic rings. The highest BCUT2D eigenvalue weighted by Gasteiger charge is 2.28. The molecular formula is C15H24ClN3O3. The largest absolute Gasteiger partial charge is 0.348 e. The molecule has 0 saturated heterocycles. The molecule has 1 aromatic carbocycles. The van der Waals surface area contributed by atoms with Gasteiger partial charge < -0.3 is 11.1 Å². The van der Waals surface area contributed by atoms with Crippen molar-refractivity contribution in [3.8, 4) is 0 Å². The van der Waals surface area contributed by atoms with Crippen molar-refractivity contribution in [1.29, 1.82) is 0 Å². The number of nitrogens with two attached hydrogens (primary N) is 1. The van der Waals surface area contributed by atoms with E-state index in [1.54, 1.807) is 26.0 Å².